The van der Waals surface area contributed by atoms with Gasteiger partial charge in [0.25, 0.3) is 5.91 Å². The number of thiophene rings is 1. The van der Waals surface area contributed by atoms with Gasteiger partial charge in [-0.2, -0.15) is 0 Å². The normalized spacial score (nSPS) is 23.7. The van der Waals surface area contributed by atoms with Crippen molar-refractivity contribution in [2.75, 3.05) is 19.7 Å². The quantitative estimate of drug-likeness (QED) is 0.796. The molecule has 128 valence electrons. The van der Waals surface area contributed by atoms with Crippen molar-refractivity contribution in [3.8, 4) is 0 Å². The molecule has 4 nitrogen and oxygen atoms in total. The molecule has 2 fully saturated rings. The van der Waals surface area contributed by atoms with Crippen molar-refractivity contribution >= 4 is 17.2 Å². The Morgan fingerprint density at radius 1 is 1.26 bits per heavy atom. The van der Waals surface area contributed by atoms with E-state index in [1.54, 1.807) is 11.3 Å². The summed E-state index contributed by atoms with van der Waals surface area (Å²) >= 11 is 1.78. The number of amides is 1. The summed E-state index contributed by atoms with van der Waals surface area (Å²) in [6.45, 7) is 3.31. The highest BCUT2D eigenvalue weighted by atomic mass is 32.1. The lowest BCUT2D eigenvalue weighted by atomic mass is 9.95. The molecular weight excluding hydrogens is 308 g/mol. The van der Waals surface area contributed by atoms with Crippen molar-refractivity contribution in [1.82, 2.24) is 5.32 Å². The van der Waals surface area contributed by atoms with E-state index in [9.17, 15) is 4.79 Å². The SMILES string of the molecule is O=C(C[NH+](Cc1cccs1)C[C@H]1CCCO1)NC1CCCCC1. The monoisotopic (exact) mass is 337 g/mol. The number of nitrogens with one attached hydrogen (secondary N) is 2. The summed E-state index contributed by atoms with van der Waals surface area (Å²) in [5.74, 6) is 0.210. The van der Waals surface area contributed by atoms with E-state index in [2.05, 4.69) is 22.8 Å². The highest BCUT2D eigenvalue weighted by Gasteiger charge is 2.25. The molecule has 0 aromatic carbocycles. The first-order chi connectivity index (χ1) is 11.3. The van der Waals surface area contributed by atoms with E-state index < -0.39 is 0 Å². The highest BCUT2D eigenvalue weighted by Crippen LogP contribution is 2.17. The molecular formula is C18H29N2O2S+. The van der Waals surface area contributed by atoms with Gasteiger partial charge in [-0.05, 0) is 37.1 Å². The van der Waals surface area contributed by atoms with Gasteiger partial charge in [-0.25, -0.2) is 0 Å². The number of carbonyl (C=O) groups excluding carboxylic acids is 1. The molecule has 1 unspecified atom stereocenters. The van der Waals surface area contributed by atoms with E-state index in [4.69, 9.17) is 4.74 Å². The van der Waals surface area contributed by atoms with E-state index in [1.165, 1.54) is 29.0 Å². The highest BCUT2D eigenvalue weighted by molar-refractivity contribution is 7.09. The van der Waals surface area contributed by atoms with Gasteiger partial charge in [-0.15, -0.1) is 11.3 Å². The van der Waals surface area contributed by atoms with Gasteiger partial charge in [0.2, 0.25) is 0 Å². The molecule has 2 heterocycles. The van der Waals surface area contributed by atoms with Crippen LogP contribution in [0.1, 0.15) is 49.8 Å². The maximum Gasteiger partial charge on any atom is 0.275 e. The summed E-state index contributed by atoms with van der Waals surface area (Å²) in [7, 11) is 0. The van der Waals surface area contributed by atoms with Crippen LogP contribution in [0.2, 0.25) is 0 Å². The van der Waals surface area contributed by atoms with Crippen molar-refractivity contribution in [2.24, 2.45) is 0 Å². The Morgan fingerprint density at radius 3 is 2.83 bits per heavy atom. The van der Waals surface area contributed by atoms with Crippen LogP contribution in [0.3, 0.4) is 0 Å². The molecule has 1 aliphatic carbocycles. The van der Waals surface area contributed by atoms with Gasteiger partial charge in [0.15, 0.2) is 6.54 Å². The molecule has 3 rings (SSSR count). The molecule has 0 radical (unpaired) electrons. The number of ether oxygens (including phenoxy) is 1. The molecule has 1 aromatic heterocycles. The Bertz CT molecular complexity index is 465. The zero-order valence-electron chi connectivity index (χ0n) is 13.9. The van der Waals surface area contributed by atoms with Crippen molar-refractivity contribution < 1.29 is 14.4 Å². The number of quaternary nitrogens is 1. The number of hydrogen-bond donors (Lipinski definition) is 2. The molecule has 2 aliphatic rings. The lowest BCUT2D eigenvalue weighted by molar-refractivity contribution is -0.908. The smallest absolute Gasteiger partial charge is 0.275 e. The van der Waals surface area contributed by atoms with Gasteiger partial charge in [0.1, 0.15) is 19.2 Å². The Hall–Kier alpha value is -0.910. The minimum atomic E-state index is 0.210. The van der Waals surface area contributed by atoms with Crippen molar-refractivity contribution in [1.29, 1.82) is 0 Å². The van der Waals surface area contributed by atoms with Crippen LogP contribution < -0.4 is 10.2 Å². The van der Waals surface area contributed by atoms with E-state index in [-0.39, 0.29) is 5.91 Å². The zero-order valence-corrected chi connectivity index (χ0v) is 14.7. The zero-order chi connectivity index (χ0) is 15.9. The first kappa shape index (κ1) is 16.9. The third-order valence-corrected chi connectivity index (χ3v) is 5.80. The maximum atomic E-state index is 12.5. The lowest BCUT2D eigenvalue weighted by Gasteiger charge is -2.25. The molecule has 1 saturated heterocycles. The lowest BCUT2D eigenvalue weighted by Crippen LogP contribution is -3.13. The molecule has 0 bridgehead atoms. The fourth-order valence-electron chi connectivity index (χ4n) is 3.75. The summed E-state index contributed by atoms with van der Waals surface area (Å²) in [5.41, 5.74) is 0. The minimum absolute atomic E-state index is 0.210. The van der Waals surface area contributed by atoms with Crippen LogP contribution in [0.15, 0.2) is 17.5 Å². The van der Waals surface area contributed by atoms with Crippen LogP contribution in [0.25, 0.3) is 0 Å². The van der Waals surface area contributed by atoms with E-state index in [0.717, 1.165) is 45.4 Å². The van der Waals surface area contributed by atoms with E-state index in [0.29, 0.717) is 18.7 Å². The van der Waals surface area contributed by atoms with Gasteiger partial charge >= 0.3 is 0 Å². The second-order valence-electron chi connectivity index (χ2n) is 6.92. The molecule has 2 atom stereocenters. The first-order valence-corrected chi connectivity index (χ1v) is 9.94. The van der Waals surface area contributed by atoms with Crippen molar-refractivity contribution in [2.45, 2.75) is 63.6 Å². The fourth-order valence-corrected chi connectivity index (χ4v) is 4.52. The van der Waals surface area contributed by atoms with E-state index >= 15 is 0 Å². The summed E-state index contributed by atoms with van der Waals surface area (Å²) in [5, 5.41) is 5.37. The van der Waals surface area contributed by atoms with Gasteiger partial charge in [0, 0.05) is 12.6 Å². The number of carbonyl (C=O) groups is 1. The van der Waals surface area contributed by atoms with Crippen LogP contribution in [-0.2, 0) is 16.1 Å². The molecule has 1 aromatic rings. The Labute approximate surface area is 143 Å². The minimum Gasteiger partial charge on any atom is -0.372 e. The molecule has 1 aliphatic heterocycles. The van der Waals surface area contributed by atoms with Gasteiger partial charge in [-0.1, -0.05) is 25.3 Å². The molecule has 5 heteroatoms. The predicted octanol–water partition coefficient (Wildman–Crippen LogP) is 1.76. The van der Waals surface area contributed by atoms with Crippen molar-refractivity contribution in [3.05, 3.63) is 22.4 Å². The second-order valence-corrected chi connectivity index (χ2v) is 7.96. The largest absolute Gasteiger partial charge is 0.372 e. The second kappa shape index (κ2) is 8.81. The van der Waals surface area contributed by atoms with Crippen LogP contribution >= 0.6 is 11.3 Å². The summed E-state index contributed by atoms with van der Waals surface area (Å²) in [4.78, 5) is 15.1. The summed E-state index contributed by atoms with van der Waals surface area (Å²) in [6, 6.07) is 4.66. The molecule has 0 spiro atoms. The average molecular weight is 338 g/mol. The van der Waals surface area contributed by atoms with Crippen LogP contribution in [0.4, 0.5) is 0 Å². The number of rotatable bonds is 7. The van der Waals surface area contributed by atoms with E-state index in [1.807, 2.05) is 0 Å². The number of hydrogen-bond acceptors (Lipinski definition) is 3. The fraction of sp³-hybridized carbons (Fsp3) is 0.722. The van der Waals surface area contributed by atoms with Crippen LogP contribution in [0.5, 0.6) is 0 Å². The summed E-state index contributed by atoms with van der Waals surface area (Å²) in [6.07, 6.45) is 8.76. The predicted molar refractivity (Wildman–Crippen MR) is 92.7 cm³/mol. The standard InChI is InChI=1S/C18H28N2O2S/c21-18(19-15-6-2-1-3-7-15)14-20(12-16-8-4-10-22-16)13-17-9-5-11-23-17/h5,9,11,15-16H,1-4,6-8,10,12-14H2,(H,19,21)/p+1/t16-/m1/s1. The Kier molecular flexibility index (Phi) is 6.48. The van der Waals surface area contributed by atoms with Gasteiger partial charge < -0.3 is 15.0 Å². The molecule has 1 amide bonds. The van der Waals surface area contributed by atoms with Crippen molar-refractivity contribution in [3.63, 3.8) is 0 Å². The topological polar surface area (TPSA) is 42.8 Å². The molecule has 2 N–H and O–H groups in total. The first-order valence-electron chi connectivity index (χ1n) is 9.06. The maximum absolute atomic E-state index is 12.5. The van der Waals surface area contributed by atoms with Crippen LogP contribution in [0, 0.1) is 0 Å². The Morgan fingerprint density at radius 2 is 2.13 bits per heavy atom. The summed E-state index contributed by atoms with van der Waals surface area (Å²) < 4.78 is 5.79. The third kappa shape index (κ3) is 5.59. The van der Waals surface area contributed by atoms with Gasteiger partial charge in [-0.3, -0.25) is 4.79 Å². The third-order valence-electron chi connectivity index (χ3n) is 4.93. The molecule has 1 saturated carbocycles. The van der Waals surface area contributed by atoms with Crippen LogP contribution in [-0.4, -0.2) is 37.7 Å². The Balaban J connectivity index is 1.51. The molecule has 23 heavy (non-hydrogen) atoms. The van der Waals surface area contributed by atoms with Gasteiger partial charge in [0.05, 0.1) is 4.88 Å². The average Bonchev–Trinajstić information content (AvgIpc) is 3.22.